The summed E-state index contributed by atoms with van der Waals surface area (Å²) in [5.74, 6) is 0. The van der Waals surface area contributed by atoms with Gasteiger partial charge in [-0.1, -0.05) is 48.0 Å². The van der Waals surface area contributed by atoms with Crippen molar-refractivity contribution < 1.29 is 0 Å². The highest BCUT2D eigenvalue weighted by molar-refractivity contribution is 6.29. The molecule has 1 aromatic carbocycles. The number of benzene rings is 1. The van der Waals surface area contributed by atoms with E-state index in [4.69, 9.17) is 11.6 Å². The average molecular weight is 289 g/mol. The van der Waals surface area contributed by atoms with Gasteiger partial charge in [0.15, 0.2) is 0 Å². The predicted molar refractivity (Wildman–Crippen MR) is 82.2 cm³/mol. The molecule has 0 aliphatic carbocycles. The van der Waals surface area contributed by atoms with Crippen molar-refractivity contribution in [3.8, 4) is 0 Å². The molecule has 0 fully saturated rings. The number of aromatic nitrogens is 2. The molecule has 0 N–H and O–H groups in total. The molecule has 104 valence electrons. The Morgan fingerprint density at radius 1 is 1.30 bits per heavy atom. The molecule has 1 aromatic heterocycles. The maximum absolute atomic E-state index is 12.1. The van der Waals surface area contributed by atoms with Gasteiger partial charge in [-0.3, -0.25) is 4.79 Å². The fourth-order valence-electron chi connectivity index (χ4n) is 2.09. The van der Waals surface area contributed by atoms with Crippen LogP contribution in [-0.2, 0) is 19.4 Å². The molecular weight excluding hydrogens is 272 g/mol. The molecule has 0 unspecified atom stereocenters. The number of hydrogen-bond acceptors (Lipinski definition) is 2. The van der Waals surface area contributed by atoms with Crippen molar-refractivity contribution in [1.29, 1.82) is 0 Å². The molecular formula is C16H17ClN2O. The van der Waals surface area contributed by atoms with E-state index in [-0.39, 0.29) is 5.56 Å². The topological polar surface area (TPSA) is 34.9 Å². The van der Waals surface area contributed by atoms with Crippen molar-refractivity contribution in [2.45, 2.75) is 25.8 Å². The first-order valence-electron chi connectivity index (χ1n) is 6.61. The molecule has 0 radical (unpaired) electrons. The van der Waals surface area contributed by atoms with Crippen molar-refractivity contribution in [2.75, 3.05) is 0 Å². The second-order valence-corrected chi connectivity index (χ2v) is 4.98. The molecule has 20 heavy (non-hydrogen) atoms. The van der Waals surface area contributed by atoms with Gasteiger partial charge >= 0.3 is 0 Å². The van der Waals surface area contributed by atoms with Gasteiger partial charge in [-0.2, -0.15) is 0 Å². The summed E-state index contributed by atoms with van der Waals surface area (Å²) in [6, 6.07) is 10.2. The van der Waals surface area contributed by atoms with E-state index in [1.54, 1.807) is 16.8 Å². The van der Waals surface area contributed by atoms with Crippen molar-refractivity contribution in [2.24, 2.45) is 0 Å². The molecule has 2 rings (SSSR count). The monoisotopic (exact) mass is 288 g/mol. The van der Waals surface area contributed by atoms with Crippen LogP contribution in [0, 0.1) is 0 Å². The Balaban J connectivity index is 2.06. The van der Waals surface area contributed by atoms with E-state index in [0.717, 1.165) is 12.8 Å². The van der Waals surface area contributed by atoms with Crippen LogP contribution in [0.3, 0.4) is 0 Å². The summed E-state index contributed by atoms with van der Waals surface area (Å²) in [5, 5.41) is 0.348. The van der Waals surface area contributed by atoms with Gasteiger partial charge in [0.05, 0.1) is 0 Å². The standard InChI is InChI=1S/C16H17ClN2O/c1-2-7-14-16(20)19(12-15(17)18-14)11-6-10-13-8-4-3-5-9-13/h2-5,8-9,12H,1,6-7,10-11H2. The third kappa shape index (κ3) is 3.81. The number of aryl methyl sites for hydroxylation is 2. The summed E-state index contributed by atoms with van der Waals surface area (Å²) in [7, 11) is 0. The SMILES string of the molecule is C=CCc1nc(Cl)cn(CCCc2ccccc2)c1=O. The Kier molecular flexibility index (Phi) is 5.13. The Bertz CT molecular complexity index is 635. The fraction of sp³-hybridized carbons (Fsp3) is 0.250. The lowest BCUT2D eigenvalue weighted by atomic mass is 10.1. The minimum Gasteiger partial charge on any atom is -0.311 e. The average Bonchev–Trinajstić information content (AvgIpc) is 2.45. The molecule has 0 amide bonds. The molecule has 0 atom stereocenters. The van der Waals surface area contributed by atoms with Gasteiger partial charge in [-0.15, -0.1) is 6.58 Å². The molecule has 0 bridgehead atoms. The summed E-state index contributed by atoms with van der Waals surface area (Å²) in [5.41, 5.74) is 1.64. The first kappa shape index (κ1) is 14.5. The molecule has 0 aliphatic heterocycles. The summed E-state index contributed by atoms with van der Waals surface area (Å²) in [4.78, 5) is 16.2. The molecule has 1 heterocycles. The van der Waals surface area contributed by atoms with Gasteiger partial charge in [0.2, 0.25) is 0 Å². The zero-order valence-electron chi connectivity index (χ0n) is 11.3. The zero-order valence-corrected chi connectivity index (χ0v) is 12.0. The number of allylic oxidation sites excluding steroid dienone is 1. The summed E-state index contributed by atoms with van der Waals surface area (Å²) in [6.07, 6.45) is 5.52. The van der Waals surface area contributed by atoms with Crippen LogP contribution in [0.15, 0.2) is 54.0 Å². The van der Waals surface area contributed by atoms with E-state index >= 15 is 0 Å². The second-order valence-electron chi connectivity index (χ2n) is 4.59. The van der Waals surface area contributed by atoms with Crippen LogP contribution in [0.25, 0.3) is 0 Å². The second kappa shape index (κ2) is 7.06. The van der Waals surface area contributed by atoms with Crippen molar-refractivity contribution in [3.05, 3.63) is 75.9 Å². The van der Waals surface area contributed by atoms with E-state index in [0.29, 0.717) is 23.8 Å². The van der Waals surface area contributed by atoms with Crippen LogP contribution in [0.4, 0.5) is 0 Å². The highest BCUT2D eigenvalue weighted by atomic mass is 35.5. The molecule has 0 aliphatic rings. The Labute approximate surface area is 123 Å². The Hall–Kier alpha value is -1.87. The maximum Gasteiger partial charge on any atom is 0.272 e. The van der Waals surface area contributed by atoms with Crippen LogP contribution < -0.4 is 5.56 Å². The van der Waals surface area contributed by atoms with E-state index in [2.05, 4.69) is 23.7 Å². The van der Waals surface area contributed by atoms with E-state index < -0.39 is 0 Å². The third-order valence-corrected chi connectivity index (χ3v) is 3.24. The largest absolute Gasteiger partial charge is 0.311 e. The van der Waals surface area contributed by atoms with Crippen LogP contribution in [0.2, 0.25) is 5.15 Å². The van der Waals surface area contributed by atoms with E-state index in [9.17, 15) is 4.79 Å². The van der Waals surface area contributed by atoms with Gasteiger partial charge < -0.3 is 4.57 Å². The number of rotatable bonds is 6. The van der Waals surface area contributed by atoms with Gasteiger partial charge in [-0.05, 0) is 18.4 Å². The van der Waals surface area contributed by atoms with E-state index in [1.807, 2.05) is 18.2 Å². The first-order chi connectivity index (χ1) is 9.70. The Morgan fingerprint density at radius 3 is 2.75 bits per heavy atom. The van der Waals surface area contributed by atoms with Crippen LogP contribution >= 0.6 is 11.6 Å². The molecule has 0 saturated carbocycles. The lowest BCUT2D eigenvalue weighted by molar-refractivity contribution is 0.612. The van der Waals surface area contributed by atoms with Crippen molar-refractivity contribution in [3.63, 3.8) is 0 Å². The minimum absolute atomic E-state index is 0.0811. The summed E-state index contributed by atoms with van der Waals surface area (Å²) >= 11 is 5.95. The summed E-state index contributed by atoms with van der Waals surface area (Å²) in [6.45, 7) is 4.27. The third-order valence-electron chi connectivity index (χ3n) is 3.06. The van der Waals surface area contributed by atoms with Crippen LogP contribution in [-0.4, -0.2) is 9.55 Å². The quantitative estimate of drug-likeness (QED) is 0.765. The number of nitrogens with zero attached hydrogens (tertiary/aromatic N) is 2. The smallest absolute Gasteiger partial charge is 0.272 e. The molecule has 0 spiro atoms. The lowest BCUT2D eigenvalue weighted by Gasteiger charge is -2.08. The molecule has 0 saturated heterocycles. The normalized spacial score (nSPS) is 10.4. The Morgan fingerprint density at radius 2 is 2.05 bits per heavy atom. The van der Waals surface area contributed by atoms with Gasteiger partial charge in [-0.25, -0.2) is 4.98 Å². The fourth-order valence-corrected chi connectivity index (χ4v) is 2.31. The highest BCUT2D eigenvalue weighted by Gasteiger charge is 2.06. The maximum atomic E-state index is 12.1. The van der Waals surface area contributed by atoms with Crippen LogP contribution in [0.1, 0.15) is 17.7 Å². The highest BCUT2D eigenvalue weighted by Crippen LogP contribution is 2.06. The molecule has 2 aromatic rings. The van der Waals surface area contributed by atoms with Gasteiger partial charge in [0, 0.05) is 19.2 Å². The van der Waals surface area contributed by atoms with Gasteiger partial charge in [0.1, 0.15) is 10.8 Å². The zero-order chi connectivity index (χ0) is 14.4. The number of hydrogen-bond donors (Lipinski definition) is 0. The van der Waals surface area contributed by atoms with Gasteiger partial charge in [0.25, 0.3) is 5.56 Å². The lowest BCUT2D eigenvalue weighted by Crippen LogP contribution is -2.25. The molecule has 4 heteroatoms. The number of halogens is 1. The molecule has 3 nitrogen and oxygen atoms in total. The van der Waals surface area contributed by atoms with Crippen molar-refractivity contribution in [1.82, 2.24) is 9.55 Å². The van der Waals surface area contributed by atoms with E-state index in [1.165, 1.54) is 5.56 Å². The minimum atomic E-state index is -0.0811. The first-order valence-corrected chi connectivity index (χ1v) is 6.99. The van der Waals surface area contributed by atoms with Crippen LogP contribution in [0.5, 0.6) is 0 Å². The summed E-state index contributed by atoms with van der Waals surface area (Å²) < 4.78 is 1.64. The predicted octanol–water partition coefficient (Wildman–Crippen LogP) is 3.26. The van der Waals surface area contributed by atoms with Crippen molar-refractivity contribution >= 4 is 11.6 Å².